The van der Waals surface area contributed by atoms with Gasteiger partial charge >= 0.3 is 0 Å². The van der Waals surface area contributed by atoms with E-state index in [0.717, 1.165) is 11.3 Å². The van der Waals surface area contributed by atoms with Gasteiger partial charge < -0.3 is 19.3 Å². The van der Waals surface area contributed by atoms with Crippen molar-refractivity contribution >= 4 is 23.1 Å². The topological polar surface area (TPSA) is 85.3 Å². The Labute approximate surface area is 215 Å². The van der Waals surface area contributed by atoms with Crippen LogP contribution in [-0.4, -0.2) is 36.1 Å². The van der Waals surface area contributed by atoms with Crippen molar-refractivity contribution in [1.29, 1.82) is 0 Å². The van der Waals surface area contributed by atoms with Gasteiger partial charge in [0.2, 0.25) is 0 Å². The Hall–Kier alpha value is -4.26. The van der Waals surface area contributed by atoms with Crippen LogP contribution in [0, 0.1) is 0 Å². The van der Waals surface area contributed by atoms with E-state index in [0.29, 0.717) is 47.9 Å². The molecule has 7 heteroatoms. The van der Waals surface area contributed by atoms with Crippen LogP contribution in [0.4, 0.5) is 5.69 Å². The lowest BCUT2D eigenvalue weighted by molar-refractivity contribution is -0.132. The van der Waals surface area contributed by atoms with Crippen molar-refractivity contribution in [2.45, 2.75) is 39.3 Å². The molecular weight excluding hydrogens is 470 g/mol. The molecule has 2 unspecified atom stereocenters. The number of aliphatic hydroxyl groups excluding tert-OH is 1. The highest BCUT2D eigenvalue weighted by molar-refractivity contribution is 6.51. The molecule has 1 amide bonds. The second kappa shape index (κ2) is 10.0. The highest BCUT2D eigenvalue weighted by Crippen LogP contribution is 2.44. The Bertz CT molecular complexity index is 1390. The number of Topliss-reactive ketones (excluding diaryl/α,β-unsaturated/α-hetero) is 1. The van der Waals surface area contributed by atoms with Crippen LogP contribution in [0.1, 0.15) is 43.5 Å². The van der Waals surface area contributed by atoms with Gasteiger partial charge in [-0.2, -0.15) is 0 Å². The number of nitrogens with zero attached hydrogens (tertiary/aromatic N) is 1. The van der Waals surface area contributed by atoms with Crippen molar-refractivity contribution in [3.63, 3.8) is 0 Å². The molecule has 2 aliphatic rings. The van der Waals surface area contributed by atoms with E-state index in [2.05, 4.69) is 0 Å². The largest absolute Gasteiger partial charge is 0.507 e. The number of ether oxygens (including phenoxy) is 3. The molecule has 1 fully saturated rings. The van der Waals surface area contributed by atoms with E-state index in [9.17, 15) is 14.7 Å². The van der Waals surface area contributed by atoms with Crippen LogP contribution in [0.25, 0.3) is 5.76 Å². The SMILES string of the molecule is CCOc1cccc(C2/C(=C(/O)c3ccc4c(c3)CC(C)O4)C(=O)C(=O)N2c2cccc(OCC)c2)c1. The third kappa shape index (κ3) is 4.53. The molecule has 3 aromatic carbocycles. The van der Waals surface area contributed by atoms with Gasteiger partial charge in [0, 0.05) is 23.7 Å². The molecule has 37 heavy (non-hydrogen) atoms. The van der Waals surface area contributed by atoms with Gasteiger partial charge in [0.15, 0.2) is 0 Å². The van der Waals surface area contributed by atoms with Crippen LogP contribution < -0.4 is 19.1 Å². The number of carbonyl (C=O) groups is 2. The molecule has 0 radical (unpaired) electrons. The third-order valence-electron chi connectivity index (χ3n) is 6.51. The second-order valence-electron chi connectivity index (χ2n) is 9.06. The maximum atomic E-state index is 13.5. The van der Waals surface area contributed by atoms with Gasteiger partial charge in [0.05, 0.1) is 24.8 Å². The van der Waals surface area contributed by atoms with E-state index in [4.69, 9.17) is 14.2 Å². The van der Waals surface area contributed by atoms with Crippen LogP contribution in [-0.2, 0) is 16.0 Å². The number of carbonyl (C=O) groups excluding carboxylic acids is 2. The van der Waals surface area contributed by atoms with Crippen molar-refractivity contribution in [3.8, 4) is 17.2 Å². The monoisotopic (exact) mass is 499 g/mol. The summed E-state index contributed by atoms with van der Waals surface area (Å²) in [6, 6.07) is 18.8. The fourth-order valence-electron chi connectivity index (χ4n) is 4.97. The highest BCUT2D eigenvalue weighted by Gasteiger charge is 2.47. The summed E-state index contributed by atoms with van der Waals surface area (Å²) >= 11 is 0. The maximum absolute atomic E-state index is 13.5. The number of hydrogen-bond donors (Lipinski definition) is 1. The minimum Gasteiger partial charge on any atom is -0.507 e. The molecule has 0 saturated carbocycles. The number of fused-ring (bicyclic) bond motifs is 1. The zero-order valence-corrected chi connectivity index (χ0v) is 21.1. The fourth-order valence-corrected chi connectivity index (χ4v) is 4.97. The summed E-state index contributed by atoms with van der Waals surface area (Å²) < 4.78 is 17.1. The molecule has 2 heterocycles. The smallest absolute Gasteiger partial charge is 0.300 e. The molecule has 3 aromatic rings. The summed E-state index contributed by atoms with van der Waals surface area (Å²) in [5, 5.41) is 11.5. The zero-order valence-electron chi connectivity index (χ0n) is 21.1. The van der Waals surface area contributed by atoms with E-state index >= 15 is 0 Å². The van der Waals surface area contributed by atoms with E-state index in [-0.39, 0.29) is 17.4 Å². The lowest BCUT2D eigenvalue weighted by Gasteiger charge is -2.26. The summed E-state index contributed by atoms with van der Waals surface area (Å²) in [4.78, 5) is 28.4. The van der Waals surface area contributed by atoms with Crippen LogP contribution in [0.3, 0.4) is 0 Å². The van der Waals surface area contributed by atoms with E-state index in [1.165, 1.54) is 4.90 Å². The van der Waals surface area contributed by atoms with Crippen molar-refractivity contribution in [1.82, 2.24) is 0 Å². The normalized spacial score (nSPS) is 20.0. The number of amides is 1. The molecule has 0 aliphatic carbocycles. The Balaban J connectivity index is 1.68. The van der Waals surface area contributed by atoms with Gasteiger partial charge in [0.1, 0.15) is 29.1 Å². The molecule has 0 bridgehead atoms. The molecule has 190 valence electrons. The van der Waals surface area contributed by atoms with Crippen molar-refractivity contribution in [3.05, 3.63) is 89.0 Å². The molecule has 1 saturated heterocycles. The summed E-state index contributed by atoms with van der Waals surface area (Å²) in [5.41, 5.74) is 2.57. The molecular formula is C30H29NO6. The lowest BCUT2D eigenvalue weighted by atomic mass is 9.94. The number of benzene rings is 3. The van der Waals surface area contributed by atoms with E-state index < -0.39 is 17.7 Å². The lowest BCUT2D eigenvalue weighted by Crippen LogP contribution is -2.29. The van der Waals surface area contributed by atoms with Crippen LogP contribution >= 0.6 is 0 Å². The van der Waals surface area contributed by atoms with Gasteiger partial charge in [-0.25, -0.2) is 0 Å². The molecule has 0 spiro atoms. The molecule has 2 aliphatic heterocycles. The standard InChI is InChI=1S/C30H29NO6/c1-4-35-23-10-6-8-19(16-23)27-26(28(32)20-12-13-25-21(15-20)14-18(3)37-25)29(33)30(34)31(27)22-9-7-11-24(17-22)36-5-2/h6-13,15-18,27,32H,4-5,14H2,1-3H3/b28-26-. The number of aliphatic hydroxyl groups is 1. The summed E-state index contributed by atoms with van der Waals surface area (Å²) in [7, 11) is 0. The highest BCUT2D eigenvalue weighted by atomic mass is 16.5. The van der Waals surface area contributed by atoms with Crippen LogP contribution in [0.5, 0.6) is 17.2 Å². The average Bonchev–Trinajstić information content (AvgIpc) is 3.39. The Morgan fingerprint density at radius 2 is 1.68 bits per heavy atom. The number of anilines is 1. The first-order valence-electron chi connectivity index (χ1n) is 12.5. The Morgan fingerprint density at radius 3 is 2.41 bits per heavy atom. The quantitative estimate of drug-likeness (QED) is 0.265. The van der Waals surface area contributed by atoms with Gasteiger partial charge in [-0.3, -0.25) is 14.5 Å². The van der Waals surface area contributed by atoms with Gasteiger partial charge in [-0.1, -0.05) is 18.2 Å². The molecule has 0 aromatic heterocycles. The Morgan fingerprint density at radius 1 is 0.973 bits per heavy atom. The predicted molar refractivity (Wildman–Crippen MR) is 140 cm³/mol. The fraction of sp³-hybridized carbons (Fsp3) is 0.267. The van der Waals surface area contributed by atoms with Gasteiger partial charge in [0.25, 0.3) is 11.7 Å². The van der Waals surface area contributed by atoms with Crippen LogP contribution in [0.15, 0.2) is 72.3 Å². The number of rotatable bonds is 7. The summed E-state index contributed by atoms with van der Waals surface area (Å²) in [6.45, 7) is 6.67. The summed E-state index contributed by atoms with van der Waals surface area (Å²) in [5.74, 6) is 0.249. The zero-order chi connectivity index (χ0) is 26.1. The predicted octanol–water partition coefficient (Wildman–Crippen LogP) is 5.43. The first-order chi connectivity index (χ1) is 17.9. The first-order valence-corrected chi connectivity index (χ1v) is 12.5. The second-order valence-corrected chi connectivity index (χ2v) is 9.06. The third-order valence-corrected chi connectivity index (χ3v) is 6.51. The minimum atomic E-state index is -0.860. The van der Waals surface area contributed by atoms with Gasteiger partial charge in [-0.05, 0) is 74.4 Å². The maximum Gasteiger partial charge on any atom is 0.300 e. The molecule has 1 N–H and O–H groups in total. The minimum absolute atomic E-state index is 0.0207. The average molecular weight is 500 g/mol. The molecule has 7 nitrogen and oxygen atoms in total. The van der Waals surface area contributed by atoms with Crippen LogP contribution in [0.2, 0.25) is 0 Å². The Kier molecular flexibility index (Phi) is 6.61. The van der Waals surface area contributed by atoms with Crippen molar-refractivity contribution in [2.75, 3.05) is 18.1 Å². The molecule has 5 rings (SSSR count). The van der Waals surface area contributed by atoms with Gasteiger partial charge in [-0.15, -0.1) is 0 Å². The first kappa shape index (κ1) is 24.4. The van der Waals surface area contributed by atoms with E-state index in [1.54, 1.807) is 42.5 Å². The van der Waals surface area contributed by atoms with Crippen molar-refractivity contribution < 1.29 is 28.9 Å². The number of hydrogen-bond acceptors (Lipinski definition) is 6. The number of ketones is 1. The molecule has 2 atom stereocenters. The van der Waals surface area contributed by atoms with E-state index in [1.807, 2.05) is 45.0 Å². The summed E-state index contributed by atoms with van der Waals surface area (Å²) in [6.07, 6.45) is 0.742. The van der Waals surface area contributed by atoms with Crippen molar-refractivity contribution in [2.24, 2.45) is 0 Å².